The van der Waals surface area contributed by atoms with Crippen LogP contribution in [0.5, 0.6) is 0 Å². The molecule has 0 N–H and O–H groups in total. The van der Waals surface area contributed by atoms with Gasteiger partial charge in [-0.25, -0.2) is 4.98 Å². The molecule has 0 bridgehead atoms. The SMILES string of the molecule is CN1CCCC2CN(Cc3cnc(Cl)cn3)CCC21. The van der Waals surface area contributed by atoms with Crippen molar-refractivity contribution in [3.05, 3.63) is 23.2 Å². The molecule has 0 amide bonds. The van der Waals surface area contributed by atoms with Crippen LogP contribution < -0.4 is 0 Å². The van der Waals surface area contributed by atoms with Crippen LogP contribution in [0.2, 0.25) is 5.15 Å². The summed E-state index contributed by atoms with van der Waals surface area (Å²) >= 11 is 5.77. The standard InChI is InChI=1S/C14H21ClN4/c1-18-5-2-3-11-9-19(6-4-13(11)18)10-12-7-17-14(15)8-16-12/h7-8,11,13H,2-6,9-10H2,1H3. The summed E-state index contributed by atoms with van der Waals surface area (Å²) in [4.78, 5) is 13.5. The summed E-state index contributed by atoms with van der Waals surface area (Å²) in [5, 5.41) is 0.469. The van der Waals surface area contributed by atoms with Crippen LogP contribution in [0.25, 0.3) is 0 Å². The van der Waals surface area contributed by atoms with Crippen LogP contribution >= 0.6 is 11.6 Å². The van der Waals surface area contributed by atoms with Crippen LogP contribution in [0.15, 0.2) is 12.4 Å². The van der Waals surface area contributed by atoms with Crippen molar-refractivity contribution < 1.29 is 0 Å². The number of rotatable bonds is 2. The third-order valence-electron chi connectivity index (χ3n) is 4.49. The lowest BCUT2D eigenvalue weighted by atomic mass is 9.84. The van der Waals surface area contributed by atoms with Gasteiger partial charge in [0.05, 0.1) is 18.1 Å². The van der Waals surface area contributed by atoms with Crippen LogP contribution in [0.4, 0.5) is 0 Å². The lowest BCUT2D eigenvalue weighted by Gasteiger charge is -2.45. The van der Waals surface area contributed by atoms with Gasteiger partial charge in [0.25, 0.3) is 0 Å². The first kappa shape index (κ1) is 13.3. The Bertz CT molecular complexity index is 422. The number of hydrogen-bond donors (Lipinski definition) is 0. The predicted octanol–water partition coefficient (Wildman–Crippen LogP) is 2.05. The van der Waals surface area contributed by atoms with Crippen molar-refractivity contribution in [1.29, 1.82) is 0 Å². The topological polar surface area (TPSA) is 32.3 Å². The van der Waals surface area contributed by atoms with Gasteiger partial charge in [-0.3, -0.25) is 9.88 Å². The Labute approximate surface area is 119 Å². The van der Waals surface area contributed by atoms with Crippen LogP contribution in [-0.4, -0.2) is 52.5 Å². The molecule has 0 saturated carbocycles. The third kappa shape index (κ3) is 3.07. The van der Waals surface area contributed by atoms with E-state index in [0.29, 0.717) is 5.15 Å². The molecule has 0 aromatic carbocycles. The average molecular weight is 281 g/mol. The lowest BCUT2D eigenvalue weighted by molar-refractivity contribution is 0.0350. The summed E-state index contributed by atoms with van der Waals surface area (Å²) in [6.45, 7) is 4.52. The number of aromatic nitrogens is 2. The first-order valence-electron chi connectivity index (χ1n) is 7.11. The van der Waals surface area contributed by atoms with Crippen LogP contribution in [0.3, 0.4) is 0 Å². The molecule has 2 aliphatic heterocycles. The van der Waals surface area contributed by atoms with Crippen molar-refractivity contribution in [2.45, 2.75) is 31.8 Å². The number of likely N-dealkylation sites (tertiary alicyclic amines) is 2. The predicted molar refractivity (Wildman–Crippen MR) is 76.1 cm³/mol. The molecular weight excluding hydrogens is 260 g/mol. The van der Waals surface area contributed by atoms with Crippen molar-refractivity contribution >= 4 is 11.6 Å². The Hall–Kier alpha value is -0.710. The van der Waals surface area contributed by atoms with Gasteiger partial charge in [0.1, 0.15) is 5.15 Å². The molecule has 1 aromatic rings. The van der Waals surface area contributed by atoms with Gasteiger partial charge in [-0.15, -0.1) is 0 Å². The number of piperidine rings is 2. The van der Waals surface area contributed by atoms with Gasteiger partial charge in [-0.2, -0.15) is 0 Å². The summed E-state index contributed by atoms with van der Waals surface area (Å²) in [7, 11) is 2.27. The minimum atomic E-state index is 0.469. The maximum Gasteiger partial charge on any atom is 0.147 e. The zero-order valence-corrected chi connectivity index (χ0v) is 12.2. The smallest absolute Gasteiger partial charge is 0.147 e. The summed E-state index contributed by atoms with van der Waals surface area (Å²) in [6.07, 6.45) is 7.42. The second-order valence-corrected chi connectivity index (χ2v) is 6.19. The van der Waals surface area contributed by atoms with Gasteiger partial charge in [0.15, 0.2) is 0 Å². The molecule has 3 heterocycles. The van der Waals surface area contributed by atoms with E-state index in [2.05, 4.69) is 26.8 Å². The van der Waals surface area contributed by atoms with E-state index in [1.165, 1.54) is 32.4 Å². The summed E-state index contributed by atoms with van der Waals surface area (Å²) in [5.41, 5.74) is 1.02. The highest BCUT2D eigenvalue weighted by Crippen LogP contribution is 2.29. The van der Waals surface area contributed by atoms with Crippen LogP contribution in [0.1, 0.15) is 25.0 Å². The number of halogens is 1. The molecule has 1 aromatic heterocycles. The van der Waals surface area contributed by atoms with Crippen molar-refractivity contribution in [3.8, 4) is 0 Å². The molecule has 2 aliphatic rings. The Morgan fingerprint density at radius 1 is 1.26 bits per heavy atom. The van der Waals surface area contributed by atoms with Crippen molar-refractivity contribution in [2.24, 2.45) is 5.92 Å². The maximum absolute atomic E-state index is 5.77. The molecule has 2 atom stereocenters. The van der Waals surface area contributed by atoms with Gasteiger partial charge >= 0.3 is 0 Å². The van der Waals surface area contributed by atoms with Crippen LogP contribution in [0, 0.1) is 5.92 Å². The van der Waals surface area contributed by atoms with E-state index in [4.69, 9.17) is 11.6 Å². The largest absolute Gasteiger partial charge is 0.303 e. The van der Waals surface area contributed by atoms with E-state index in [-0.39, 0.29) is 0 Å². The second kappa shape index (κ2) is 5.73. The Morgan fingerprint density at radius 2 is 2.16 bits per heavy atom. The molecule has 19 heavy (non-hydrogen) atoms. The quantitative estimate of drug-likeness (QED) is 0.830. The zero-order valence-electron chi connectivity index (χ0n) is 11.4. The van der Waals surface area contributed by atoms with Crippen molar-refractivity contribution in [1.82, 2.24) is 19.8 Å². The van der Waals surface area contributed by atoms with Gasteiger partial charge < -0.3 is 4.90 Å². The highest BCUT2D eigenvalue weighted by Gasteiger charge is 2.34. The van der Waals surface area contributed by atoms with Crippen LogP contribution in [-0.2, 0) is 6.54 Å². The highest BCUT2D eigenvalue weighted by atomic mass is 35.5. The lowest BCUT2D eigenvalue weighted by Crippen LogP contribution is -2.52. The number of hydrogen-bond acceptors (Lipinski definition) is 4. The highest BCUT2D eigenvalue weighted by molar-refractivity contribution is 6.29. The molecule has 2 saturated heterocycles. The third-order valence-corrected chi connectivity index (χ3v) is 4.68. The molecule has 0 radical (unpaired) electrons. The van der Waals surface area contributed by atoms with Gasteiger partial charge in [-0.1, -0.05) is 11.6 Å². The minimum absolute atomic E-state index is 0.469. The molecule has 0 aliphatic carbocycles. The van der Waals surface area contributed by atoms with Gasteiger partial charge in [0, 0.05) is 25.7 Å². The summed E-state index contributed by atoms with van der Waals surface area (Å²) in [5.74, 6) is 0.827. The second-order valence-electron chi connectivity index (χ2n) is 5.80. The van der Waals surface area contributed by atoms with E-state index >= 15 is 0 Å². The minimum Gasteiger partial charge on any atom is -0.303 e. The molecule has 2 fully saturated rings. The monoisotopic (exact) mass is 280 g/mol. The molecule has 3 rings (SSSR count). The normalized spacial score (nSPS) is 29.2. The first-order chi connectivity index (χ1) is 9.22. The number of nitrogens with zero attached hydrogens (tertiary/aromatic N) is 4. The van der Waals surface area contributed by atoms with Crippen molar-refractivity contribution in [3.63, 3.8) is 0 Å². The fraction of sp³-hybridized carbons (Fsp3) is 0.714. The van der Waals surface area contributed by atoms with E-state index in [0.717, 1.165) is 30.7 Å². The summed E-state index contributed by atoms with van der Waals surface area (Å²) < 4.78 is 0. The average Bonchev–Trinajstić information content (AvgIpc) is 2.42. The molecule has 0 spiro atoms. The van der Waals surface area contributed by atoms with E-state index in [9.17, 15) is 0 Å². The first-order valence-corrected chi connectivity index (χ1v) is 7.49. The summed E-state index contributed by atoms with van der Waals surface area (Å²) in [6, 6.07) is 0.793. The Balaban J connectivity index is 1.60. The Morgan fingerprint density at radius 3 is 2.95 bits per heavy atom. The van der Waals surface area contributed by atoms with E-state index in [1.807, 2.05) is 0 Å². The molecule has 4 nitrogen and oxygen atoms in total. The molecule has 104 valence electrons. The van der Waals surface area contributed by atoms with E-state index < -0.39 is 0 Å². The fourth-order valence-corrected chi connectivity index (χ4v) is 3.62. The van der Waals surface area contributed by atoms with E-state index in [1.54, 1.807) is 12.4 Å². The van der Waals surface area contributed by atoms with Gasteiger partial charge in [0.2, 0.25) is 0 Å². The molecule has 5 heteroatoms. The molecular formula is C14H21ClN4. The number of fused-ring (bicyclic) bond motifs is 1. The van der Waals surface area contributed by atoms with Gasteiger partial charge in [-0.05, 0) is 38.8 Å². The molecule has 2 unspecified atom stereocenters. The zero-order chi connectivity index (χ0) is 13.2. The Kier molecular flexibility index (Phi) is 4.01. The fourth-order valence-electron chi connectivity index (χ4n) is 3.52. The van der Waals surface area contributed by atoms with Crippen molar-refractivity contribution in [2.75, 3.05) is 26.7 Å². The maximum atomic E-state index is 5.77.